The number of benzene rings is 1. The molecular weight excluding hydrogens is 332 g/mol. The molecule has 0 aliphatic carbocycles. The van der Waals surface area contributed by atoms with Crippen LogP contribution in [0.25, 0.3) is 0 Å². The molecule has 0 unspecified atom stereocenters. The fraction of sp³-hybridized carbons (Fsp3) is 0.188. The van der Waals surface area contributed by atoms with Gasteiger partial charge in [0.1, 0.15) is 12.2 Å². The number of hydrogen-bond acceptors (Lipinski definition) is 4. The van der Waals surface area contributed by atoms with Crippen molar-refractivity contribution in [3.8, 4) is 6.07 Å². The Balaban J connectivity index is 1.96. The van der Waals surface area contributed by atoms with Gasteiger partial charge < -0.3 is 20.3 Å². The minimum absolute atomic E-state index is 0.120. The number of hydrogen-bond donors (Lipinski definition) is 3. The van der Waals surface area contributed by atoms with Crippen LogP contribution in [0.4, 0.5) is 5.69 Å². The minimum atomic E-state index is -0.951. The van der Waals surface area contributed by atoms with E-state index < -0.39 is 17.9 Å². The number of carbonyl (C=O) groups excluding carboxylic acids is 2. The molecule has 2 rings (SSSR count). The van der Waals surface area contributed by atoms with Gasteiger partial charge in [-0.15, -0.1) is 0 Å². The molecule has 0 bridgehead atoms. The zero-order chi connectivity index (χ0) is 17.7. The zero-order valence-corrected chi connectivity index (χ0v) is 13.5. The predicted octanol–water partition coefficient (Wildman–Crippen LogP) is 1.34. The average molecular weight is 347 g/mol. The van der Waals surface area contributed by atoms with E-state index in [4.69, 9.17) is 16.9 Å². The van der Waals surface area contributed by atoms with Gasteiger partial charge in [-0.05, 0) is 30.3 Å². The van der Waals surface area contributed by atoms with Gasteiger partial charge in [-0.25, -0.2) is 0 Å². The molecule has 2 aromatic rings. The molecule has 8 heteroatoms. The lowest BCUT2D eigenvalue weighted by atomic mass is 10.2. The lowest BCUT2D eigenvalue weighted by Gasteiger charge is -2.13. The van der Waals surface area contributed by atoms with E-state index in [9.17, 15) is 14.7 Å². The summed E-state index contributed by atoms with van der Waals surface area (Å²) in [7, 11) is 1.76. The maximum atomic E-state index is 11.9. The molecule has 1 aromatic carbocycles. The van der Waals surface area contributed by atoms with Gasteiger partial charge >= 0.3 is 11.8 Å². The van der Waals surface area contributed by atoms with Crippen LogP contribution in [0.1, 0.15) is 17.4 Å². The number of nitrogens with one attached hydrogen (secondary N) is 2. The molecule has 24 heavy (non-hydrogen) atoms. The quantitative estimate of drug-likeness (QED) is 0.726. The zero-order valence-electron chi connectivity index (χ0n) is 12.8. The molecule has 3 N–H and O–H groups in total. The van der Waals surface area contributed by atoms with E-state index in [1.54, 1.807) is 29.9 Å². The van der Waals surface area contributed by atoms with E-state index in [-0.39, 0.29) is 17.8 Å². The van der Waals surface area contributed by atoms with Crippen molar-refractivity contribution in [2.24, 2.45) is 7.05 Å². The lowest BCUT2D eigenvalue weighted by molar-refractivity contribution is -0.136. The number of aromatic nitrogens is 1. The molecule has 0 spiro atoms. The van der Waals surface area contributed by atoms with Crippen LogP contribution in [-0.4, -0.2) is 28.0 Å². The number of amides is 2. The Morgan fingerprint density at radius 1 is 1.38 bits per heavy atom. The first-order valence-electron chi connectivity index (χ1n) is 7.00. The van der Waals surface area contributed by atoms with Gasteiger partial charge in [0.2, 0.25) is 0 Å². The van der Waals surface area contributed by atoms with E-state index in [1.807, 2.05) is 6.07 Å². The highest BCUT2D eigenvalue weighted by Crippen LogP contribution is 2.20. The van der Waals surface area contributed by atoms with Crippen LogP contribution in [-0.2, 0) is 16.6 Å². The van der Waals surface area contributed by atoms with Crippen molar-refractivity contribution in [1.29, 1.82) is 5.26 Å². The number of carbonyl (C=O) groups is 2. The maximum absolute atomic E-state index is 11.9. The monoisotopic (exact) mass is 346 g/mol. The van der Waals surface area contributed by atoms with E-state index in [1.165, 1.54) is 18.2 Å². The third-order valence-corrected chi connectivity index (χ3v) is 3.57. The molecule has 1 atom stereocenters. The van der Waals surface area contributed by atoms with Crippen LogP contribution >= 0.6 is 11.6 Å². The summed E-state index contributed by atoms with van der Waals surface area (Å²) in [5, 5.41) is 24.0. The summed E-state index contributed by atoms with van der Waals surface area (Å²) in [6, 6.07) is 9.69. The molecular formula is C16H15ClN4O3. The first kappa shape index (κ1) is 17.5. The Morgan fingerprint density at radius 3 is 2.75 bits per heavy atom. The highest BCUT2D eigenvalue weighted by atomic mass is 35.5. The van der Waals surface area contributed by atoms with Gasteiger partial charge in [-0.2, -0.15) is 5.26 Å². The smallest absolute Gasteiger partial charge is 0.313 e. The van der Waals surface area contributed by atoms with Crippen LogP contribution in [0.15, 0.2) is 36.5 Å². The van der Waals surface area contributed by atoms with Crippen molar-refractivity contribution in [1.82, 2.24) is 9.88 Å². The molecule has 0 aliphatic heterocycles. The Kier molecular flexibility index (Phi) is 5.58. The summed E-state index contributed by atoms with van der Waals surface area (Å²) in [6.07, 6.45) is 0.818. The summed E-state index contributed by atoms with van der Waals surface area (Å²) in [4.78, 5) is 23.7. The van der Waals surface area contributed by atoms with Crippen molar-refractivity contribution in [2.45, 2.75) is 6.10 Å². The molecule has 7 nitrogen and oxygen atoms in total. The minimum Gasteiger partial charge on any atom is -0.385 e. The van der Waals surface area contributed by atoms with Crippen molar-refractivity contribution in [3.63, 3.8) is 0 Å². The van der Waals surface area contributed by atoms with Crippen molar-refractivity contribution >= 4 is 29.1 Å². The van der Waals surface area contributed by atoms with E-state index in [0.29, 0.717) is 10.7 Å². The van der Waals surface area contributed by atoms with E-state index >= 15 is 0 Å². The number of aliphatic hydroxyl groups excluding tert-OH is 1. The molecule has 0 aliphatic rings. The topological polar surface area (TPSA) is 107 Å². The SMILES string of the molecule is Cn1cccc1[C@H](O)CNC(=O)C(=O)Nc1cc(Cl)ccc1C#N. The molecule has 0 fully saturated rings. The molecule has 0 radical (unpaired) electrons. The van der Waals surface area contributed by atoms with E-state index in [0.717, 1.165) is 0 Å². The van der Waals surface area contributed by atoms with Gasteiger partial charge in [0.15, 0.2) is 0 Å². The molecule has 0 saturated heterocycles. The van der Waals surface area contributed by atoms with Crippen LogP contribution in [0.5, 0.6) is 0 Å². The Labute approximate surface area is 143 Å². The number of aryl methyl sites for hydroxylation is 1. The number of anilines is 1. The first-order valence-corrected chi connectivity index (χ1v) is 7.38. The van der Waals surface area contributed by atoms with Crippen molar-refractivity contribution in [3.05, 3.63) is 52.8 Å². The highest BCUT2D eigenvalue weighted by Gasteiger charge is 2.18. The van der Waals surface area contributed by atoms with Gasteiger partial charge in [0, 0.05) is 30.5 Å². The largest absolute Gasteiger partial charge is 0.385 e. The number of nitrogens with zero attached hydrogens (tertiary/aromatic N) is 2. The Hall–Kier alpha value is -2.82. The normalized spacial score (nSPS) is 11.4. The third-order valence-electron chi connectivity index (χ3n) is 3.34. The molecule has 124 valence electrons. The predicted molar refractivity (Wildman–Crippen MR) is 88.2 cm³/mol. The second-order valence-electron chi connectivity index (χ2n) is 5.03. The summed E-state index contributed by atoms with van der Waals surface area (Å²) in [5.74, 6) is -1.88. The first-order chi connectivity index (χ1) is 11.4. The molecule has 1 aromatic heterocycles. The van der Waals surface area contributed by atoms with Crippen molar-refractivity contribution in [2.75, 3.05) is 11.9 Å². The summed E-state index contributed by atoms with van der Waals surface area (Å²) in [5.41, 5.74) is 0.940. The molecule has 1 heterocycles. The van der Waals surface area contributed by atoms with Crippen LogP contribution < -0.4 is 10.6 Å². The fourth-order valence-electron chi connectivity index (χ4n) is 2.09. The van der Waals surface area contributed by atoms with Gasteiger partial charge in [-0.1, -0.05) is 11.6 Å². The lowest BCUT2D eigenvalue weighted by Crippen LogP contribution is -2.38. The number of nitriles is 1. The number of rotatable bonds is 4. The van der Waals surface area contributed by atoms with Crippen LogP contribution in [0.3, 0.4) is 0 Å². The summed E-state index contributed by atoms with van der Waals surface area (Å²) in [6.45, 7) is -0.120. The average Bonchev–Trinajstić information content (AvgIpc) is 2.98. The highest BCUT2D eigenvalue weighted by molar-refractivity contribution is 6.40. The maximum Gasteiger partial charge on any atom is 0.313 e. The standard InChI is InChI=1S/C16H15ClN4O3/c1-21-6-2-3-13(21)14(22)9-19-15(23)16(24)20-12-7-11(17)5-4-10(12)8-18/h2-7,14,22H,9H2,1H3,(H,19,23)(H,20,24)/t14-/m1/s1. The second-order valence-corrected chi connectivity index (χ2v) is 5.46. The van der Waals surface area contributed by atoms with Gasteiger partial charge in [-0.3, -0.25) is 9.59 Å². The van der Waals surface area contributed by atoms with E-state index in [2.05, 4.69) is 10.6 Å². The molecule has 2 amide bonds. The summed E-state index contributed by atoms with van der Waals surface area (Å²) < 4.78 is 1.71. The Bertz CT molecular complexity index is 810. The number of aliphatic hydroxyl groups is 1. The third kappa shape index (κ3) is 4.13. The van der Waals surface area contributed by atoms with Gasteiger partial charge in [0.25, 0.3) is 0 Å². The van der Waals surface area contributed by atoms with Crippen LogP contribution in [0.2, 0.25) is 5.02 Å². The fourth-order valence-corrected chi connectivity index (χ4v) is 2.26. The number of halogens is 1. The van der Waals surface area contributed by atoms with Crippen LogP contribution in [0, 0.1) is 11.3 Å². The van der Waals surface area contributed by atoms with Crippen molar-refractivity contribution < 1.29 is 14.7 Å². The summed E-state index contributed by atoms with van der Waals surface area (Å²) >= 11 is 5.81. The van der Waals surface area contributed by atoms with Gasteiger partial charge in [0.05, 0.1) is 11.3 Å². The molecule has 0 saturated carbocycles. The second kappa shape index (κ2) is 7.64. The Morgan fingerprint density at radius 2 is 2.12 bits per heavy atom.